The van der Waals surface area contributed by atoms with Crippen LogP contribution in [0, 0.1) is 0 Å². The van der Waals surface area contributed by atoms with E-state index in [1.807, 2.05) is 35.0 Å². The molecule has 1 aliphatic heterocycles. The molecule has 5 nitrogen and oxygen atoms in total. The summed E-state index contributed by atoms with van der Waals surface area (Å²) < 4.78 is 29.2. The van der Waals surface area contributed by atoms with Crippen molar-refractivity contribution in [2.45, 2.75) is 30.2 Å². The Labute approximate surface area is 129 Å². The summed E-state index contributed by atoms with van der Waals surface area (Å²) in [6, 6.07) is 1.66. The molecule has 0 bridgehead atoms. The molecule has 0 aliphatic carbocycles. The molecule has 0 amide bonds. The van der Waals surface area contributed by atoms with Crippen LogP contribution in [0.5, 0.6) is 0 Å². The zero-order chi connectivity index (χ0) is 14.6. The van der Waals surface area contributed by atoms with E-state index in [-0.39, 0.29) is 0 Å². The maximum atomic E-state index is 12.3. The first-order valence-corrected chi connectivity index (χ1v) is 10.3. The van der Waals surface area contributed by atoms with Crippen molar-refractivity contribution in [2.75, 3.05) is 23.8 Å². The molecule has 0 spiro atoms. The van der Waals surface area contributed by atoms with Crippen LogP contribution in [0.3, 0.4) is 0 Å². The van der Waals surface area contributed by atoms with Gasteiger partial charge in [0.1, 0.15) is 0 Å². The number of nitrogens with two attached hydrogens (primary N) is 1. The van der Waals surface area contributed by atoms with Gasteiger partial charge in [-0.2, -0.15) is 23.5 Å². The zero-order valence-electron chi connectivity index (χ0n) is 11.5. The van der Waals surface area contributed by atoms with Gasteiger partial charge in [0, 0.05) is 54.0 Å². The zero-order valence-corrected chi connectivity index (χ0v) is 14.0. The quantitative estimate of drug-likeness (QED) is 0.814. The average Bonchev–Trinajstić information content (AvgIpc) is 2.90. The number of sulfonamides is 1. The lowest BCUT2D eigenvalue weighted by Gasteiger charge is -2.20. The number of thioether (sulfide) groups is 2. The predicted molar refractivity (Wildman–Crippen MR) is 86.8 cm³/mol. The van der Waals surface area contributed by atoms with Crippen molar-refractivity contribution in [3.63, 3.8) is 0 Å². The number of nitrogens with zero attached hydrogens (tertiary/aromatic N) is 1. The SMILES string of the molecule is CCn1cc(S(=O)(=O)NCC2CSCCS2)cc1CN. The van der Waals surface area contributed by atoms with Gasteiger partial charge in [0.15, 0.2) is 0 Å². The number of hydrogen-bond donors (Lipinski definition) is 2. The highest BCUT2D eigenvalue weighted by Gasteiger charge is 2.21. The molecule has 1 unspecified atom stereocenters. The van der Waals surface area contributed by atoms with E-state index in [1.165, 1.54) is 0 Å². The van der Waals surface area contributed by atoms with E-state index in [0.717, 1.165) is 29.5 Å². The number of aryl methyl sites for hydroxylation is 1. The maximum absolute atomic E-state index is 12.3. The molecular formula is C12H21N3O2S3. The summed E-state index contributed by atoms with van der Waals surface area (Å²) in [6.07, 6.45) is 1.66. The number of aromatic nitrogens is 1. The van der Waals surface area contributed by atoms with E-state index in [2.05, 4.69) is 4.72 Å². The highest BCUT2D eigenvalue weighted by Crippen LogP contribution is 2.24. The van der Waals surface area contributed by atoms with Crippen LogP contribution >= 0.6 is 23.5 Å². The van der Waals surface area contributed by atoms with Crippen LogP contribution in [0.15, 0.2) is 17.2 Å². The Morgan fingerprint density at radius 1 is 1.50 bits per heavy atom. The molecule has 2 heterocycles. The van der Waals surface area contributed by atoms with Gasteiger partial charge in [-0.25, -0.2) is 13.1 Å². The van der Waals surface area contributed by atoms with Gasteiger partial charge < -0.3 is 10.3 Å². The van der Waals surface area contributed by atoms with Crippen molar-refractivity contribution < 1.29 is 8.42 Å². The second-order valence-corrected chi connectivity index (χ2v) is 8.90. The number of hydrogen-bond acceptors (Lipinski definition) is 5. The number of nitrogens with one attached hydrogen (secondary N) is 1. The Morgan fingerprint density at radius 3 is 2.85 bits per heavy atom. The topological polar surface area (TPSA) is 77.1 Å². The Morgan fingerprint density at radius 2 is 2.30 bits per heavy atom. The van der Waals surface area contributed by atoms with Gasteiger partial charge in [0.25, 0.3) is 0 Å². The normalized spacial score (nSPS) is 20.2. The third-order valence-electron chi connectivity index (χ3n) is 3.21. The van der Waals surface area contributed by atoms with Crippen molar-refractivity contribution in [3.05, 3.63) is 18.0 Å². The average molecular weight is 336 g/mol. The summed E-state index contributed by atoms with van der Waals surface area (Å²) in [5.41, 5.74) is 6.47. The Balaban J connectivity index is 2.03. The second kappa shape index (κ2) is 7.22. The Kier molecular flexibility index (Phi) is 5.85. The minimum absolute atomic E-state index is 0.313. The van der Waals surface area contributed by atoms with Crippen molar-refractivity contribution in [2.24, 2.45) is 5.73 Å². The summed E-state index contributed by atoms with van der Waals surface area (Å²) in [6.45, 7) is 3.53. The monoisotopic (exact) mass is 335 g/mol. The van der Waals surface area contributed by atoms with Crippen LogP contribution in [0.2, 0.25) is 0 Å². The van der Waals surface area contributed by atoms with Crippen molar-refractivity contribution in [1.29, 1.82) is 0 Å². The summed E-state index contributed by atoms with van der Waals surface area (Å²) in [7, 11) is -3.43. The predicted octanol–water partition coefficient (Wildman–Crippen LogP) is 1.09. The van der Waals surface area contributed by atoms with Crippen LogP contribution in [0.25, 0.3) is 0 Å². The Hall–Kier alpha value is -0.150. The van der Waals surface area contributed by atoms with E-state index in [9.17, 15) is 8.42 Å². The fourth-order valence-electron chi connectivity index (χ4n) is 2.08. The standard InChI is InChI=1S/C12H21N3O2S3/c1-2-15-8-12(5-10(15)6-13)20(16,17)14-7-11-9-18-3-4-19-11/h5,8,11,14H,2-4,6-7,9,13H2,1H3. The lowest BCUT2D eigenvalue weighted by atomic mass is 10.4. The highest BCUT2D eigenvalue weighted by molar-refractivity contribution is 8.06. The van der Waals surface area contributed by atoms with Crippen molar-refractivity contribution in [1.82, 2.24) is 9.29 Å². The van der Waals surface area contributed by atoms with Crippen LogP contribution in [-0.4, -0.2) is 42.0 Å². The van der Waals surface area contributed by atoms with E-state index in [0.29, 0.717) is 23.2 Å². The fraction of sp³-hybridized carbons (Fsp3) is 0.667. The Bertz CT molecular complexity index is 515. The summed E-state index contributed by atoms with van der Waals surface area (Å²) in [4.78, 5) is 0.313. The largest absolute Gasteiger partial charge is 0.349 e. The van der Waals surface area contributed by atoms with E-state index in [4.69, 9.17) is 5.73 Å². The minimum atomic E-state index is -3.43. The van der Waals surface area contributed by atoms with Crippen LogP contribution in [0.1, 0.15) is 12.6 Å². The molecule has 2 rings (SSSR count). The molecule has 20 heavy (non-hydrogen) atoms. The lowest BCUT2D eigenvalue weighted by Crippen LogP contribution is -2.33. The van der Waals surface area contributed by atoms with Crippen molar-refractivity contribution in [3.8, 4) is 0 Å². The first-order valence-electron chi connectivity index (χ1n) is 6.65. The van der Waals surface area contributed by atoms with E-state index >= 15 is 0 Å². The molecular weight excluding hydrogens is 314 g/mol. The fourth-order valence-corrected chi connectivity index (χ4v) is 5.94. The molecule has 0 radical (unpaired) electrons. The molecule has 1 aliphatic rings. The van der Waals surface area contributed by atoms with E-state index < -0.39 is 10.0 Å². The highest BCUT2D eigenvalue weighted by atomic mass is 32.2. The van der Waals surface area contributed by atoms with E-state index in [1.54, 1.807) is 12.3 Å². The molecule has 1 saturated heterocycles. The van der Waals surface area contributed by atoms with Crippen LogP contribution in [-0.2, 0) is 23.1 Å². The minimum Gasteiger partial charge on any atom is -0.349 e. The second-order valence-electron chi connectivity index (χ2n) is 4.58. The van der Waals surface area contributed by atoms with Gasteiger partial charge in [-0.15, -0.1) is 0 Å². The smallest absolute Gasteiger partial charge is 0.242 e. The van der Waals surface area contributed by atoms with Gasteiger partial charge in [0.2, 0.25) is 10.0 Å². The van der Waals surface area contributed by atoms with Gasteiger partial charge in [-0.05, 0) is 13.0 Å². The van der Waals surface area contributed by atoms with Crippen LogP contribution in [0.4, 0.5) is 0 Å². The summed E-state index contributed by atoms with van der Waals surface area (Å²) in [5.74, 6) is 3.27. The number of rotatable bonds is 6. The van der Waals surface area contributed by atoms with Gasteiger partial charge in [0.05, 0.1) is 4.90 Å². The maximum Gasteiger partial charge on any atom is 0.242 e. The van der Waals surface area contributed by atoms with Gasteiger partial charge >= 0.3 is 0 Å². The first kappa shape index (κ1) is 16.2. The molecule has 0 aromatic carbocycles. The molecule has 1 fully saturated rings. The van der Waals surface area contributed by atoms with Gasteiger partial charge in [-0.3, -0.25) is 0 Å². The van der Waals surface area contributed by atoms with Gasteiger partial charge in [-0.1, -0.05) is 0 Å². The molecule has 8 heteroatoms. The third-order valence-corrected chi connectivity index (χ3v) is 7.44. The lowest BCUT2D eigenvalue weighted by molar-refractivity contribution is 0.581. The summed E-state index contributed by atoms with van der Waals surface area (Å²) >= 11 is 3.73. The first-order chi connectivity index (χ1) is 9.56. The third kappa shape index (κ3) is 3.94. The molecule has 1 aromatic rings. The summed E-state index contributed by atoms with van der Waals surface area (Å²) in [5, 5.41) is 0.366. The molecule has 0 saturated carbocycles. The molecule has 1 atom stereocenters. The van der Waals surface area contributed by atoms with Crippen LogP contribution < -0.4 is 10.5 Å². The van der Waals surface area contributed by atoms with Crippen molar-refractivity contribution >= 4 is 33.5 Å². The molecule has 1 aromatic heterocycles. The molecule has 114 valence electrons. The molecule has 3 N–H and O–H groups in total.